The van der Waals surface area contributed by atoms with Crippen LogP contribution < -0.4 is 16.2 Å². The van der Waals surface area contributed by atoms with Crippen molar-refractivity contribution in [2.45, 2.75) is 0 Å². The third kappa shape index (κ3) is 2.87. The van der Waals surface area contributed by atoms with Crippen molar-refractivity contribution in [1.82, 2.24) is 9.78 Å². The zero-order valence-electron chi connectivity index (χ0n) is 12.6. The number of hydrogen-bond donors (Lipinski definition) is 2. The second kappa shape index (κ2) is 5.84. The molecule has 1 heterocycles. The average Bonchev–Trinajstić information content (AvgIpc) is 2.85. The summed E-state index contributed by atoms with van der Waals surface area (Å²) in [4.78, 5) is 11.6. The smallest absolute Gasteiger partial charge is 0.254 e. The standard InChI is InChI=1S/C17H16N4O2/c1-21-16(18)14(17(19)22)15(20-21)11-7-9-13(10-8-11)23-12-5-3-2-4-6-12/h2-10H,18H2,1H3,(H2,19,22). The lowest BCUT2D eigenvalue weighted by atomic mass is 10.1. The van der Waals surface area contributed by atoms with Gasteiger partial charge in [0.1, 0.15) is 28.6 Å². The lowest BCUT2D eigenvalue weighted by Crippen LogP contribution is -2.14. The number of aryl methyl sites for hydroxylation is 1. The molecule has 0 bridgehead atoms. The topological polar surface area (TPSA) is 96.2 Å². The molecule has 0 saturated heterocycles. The summed E-state index contributed by atoms with van der Waals surface area (Å²) in [5.41, 5.74) is 12.7. The van der Waals surface area contributed by atoms with Gasteiger partial charge in [0.2, 0.25) is 0 Å². The van der Waals surface area contributed by atoms with Gasteiger partial charge in [-0.05, 0) is 36.4 Å². The molecule has 2 aromatic carbocycles. The summed E-state index contributed by atoms with van der Waals surface area (Å²) >= 11 is 0. The van der Waals surface area contributed by atoms with Crippen molar-refractivity contribution in [2.24, 2.45) is 12.8 Å². The molecule has 1 amide bonds. The largest absolute Gasteiger partial charge is 0.457 e. The second-order valence-corrected chi connectivity index (χ2v) is 5.04. The molecular formula is C17H16N4O2. The predicted octanol–water partition coefficient (Wildman–Crippen LogP) is 2.56. The van der Waals surface area contributed by atoms with E-state index >= 15 is 0 Å². The number of anilines is 1. The van der Waals surface area contributed by atoms with Gasteiger partial charge in [0.15, 0.2) is 0 Å². The highest BCUT2D eigenvalue weighted by Crippen LogP contribution is 2.29. The fourth-order valence-electron chi connectivity index (χ4n) is 2.29. The molecule has 3 aromatic rings. The van der Waals surface area contributed by atoms with Gasteiger partial charge in [-0.3, -0.25) is 9.48 Å². The van der Waals surface area contributed by atoms with Crippen LogP contribution >= 0.6 is 0 Å². The number of ether oxygens (including phenoxy) is 1. The lowest BCUT2D eigenvalue weighted by molar-refractivity contribution is 0.100. The molecule has 0 aliphatic carbocycles. The number of primary amides is 1. The number of nitrogens with two attached hydrogens (primary N) is 2. The summed E-state index contributed by atoms with van der Waals surface area (Å²) < 4.78 is 7.17. The van der Waals surface area contributed by atoms with Crippen LogP contribution in [0.2, 0.25) is 0 Å². The van der Waals surface area contributed by atoms with Crippen LogP contribution in [-0.4, -0.2) is 15.7 Å². The first-order valence-corrected chi connectivity index (χ1v) is 7.02. The Morgan fingerprint density at radius 3 is 2.26 bits per heavy atom. The normalized spacial score (nSPS) is 10.5. The van der Waals surface area contributed by atoms with E-state index in [9.17, 15) is 4.79 Å². The number of carbonyl (C=O) groups excluding carboxylic acids is 1. The number of para-hydroxylation sites is 1. The first kappa shape index (κ1) is 14.6. The summed E-state index contributed by atoms with van der Waals surface area (Å²) in [6.45, 7) is 0. The highest BCUT2D eigenvalue weighted by molar-refractivity contribution is 6.03. The molecule has 4 N–H and O–H groups in total. The highest BCUT2D eigenvalue weighted by atomic mass is 16.5. The molecular weight excluding hydrogens is 292 g/mol. The third-order valence-electron chi connectivity index (χ3n) is 3.44. The summed E-state index contributed by atoms with van der Waals surface area (Å²) in [5, 5.41) is 4.27. The van der Waals surface area contributed by atoms with Crippen LogP contribution in [0.1, 0.15) is 10.4 Å². The molecule has 0 unspecified atom stereocenters. The van der Waals surface area contributed by atoms with E-state index in [0.29, 0.717) is 11.4 Å². The number of carbonyl (C=O) groups is 1. The van der Waals surface area contributed by atoms with Crippen LogP contribution in [0.15, 0.2) is 54.6 Å². The minimum absolute atomic E-state index is 0.226. The Balaban J connectivity index is 1.91. The summed E-state index contributed by atoms with van der Waals surface area (Å²) in [5.74, 6) is 1.08. The predicted molar refractivity (Wildman–Crippen MR) is 88.1 cm³/mol. The van der Waals surface area contributed by atoms with Crippen molar-refractivity contribution < 1.29 is 9.53 Å². The maximum Gasteiger partial charge on any atom is 0.254 e. The van der Waals surface area contributed by atoms with Gasteiger partial charge in [0.05, 0.1) is 0 Å². The van der Waals surface area contributed by atoms with Crippen LogP contribution in [-0.2, 0) is 7.05 Å². The SMILES string of the molecule is Cn1nc(-c2ccc(Oc3ccccc3)cc2)c(C(N)=O)c1N. The van der Waals surface area contributed by atoms with Crippen molar-refractivity contribution in [2.75, 3.05) is 5.73 Å². The van der Waals surface area contributed by atoms with Crippen LogP contribution in [0.3, 0.4) is 0 Å². The number of rotatable bonds is 4. The van der Waals surface area contributed by atoms with E-state index in [1.54, 1.807) is 19.2 Å². The monoisotopic (exact) mass is 308 g/mol. The number of hydrogen-bond acceptors (Lipinski definition) is 4. The Morgan fingerprint density at radius 1 is 1.04 bits per heavy atom. The Bertz CT molecular complexity index is 839. The highest BCUT2D eigenvalue weighted by Gasteiger charge is 2.19. The fourth-order valence-corrected chi connectivity index (χ4v) is 2.29. The van der Waals surface area contributed by atoms with E-state index < -0.39 is 5.91 Å². The van der Waals surface area contributed by atoms with Crippen molar-refractivity contribution in [3.8, 4) is 22.8 Å². The number of nitrogens with zero attached hydrogens (tertiary/aromatic N) is 2. The average molecular weight is 308 g/mol. The molecule has 6 nitrogen and oxygen atoms in total. The molecule has 0 saturated carbocycles. The van der Waals surface area contributed by atoms with E-state index in [2.05, 4.69) is 5.10 Å². The molecule has 0 aliphatic heterocycles. The molecule has 0 atom stereocenters. The van der Waals surface area contributed by atoms with Gasteiger partial charge in [-0.1, -0.05) is 18.2 Å². The van der Waals surface area contributed by atoms with E-state index in [4.69, 9.17) is 16.2 Å². The maximum absolute atomic E-state index is 11.6. The summed E-state index contributed by atoms with van der Waals surface area (Å²) in [7, 11) is 1.66. The second-order valence-electron chi connectivity index (χ2n) is 5.04. The van der Waals surface area contributed by atoms with Gasteiger partial charge in [-0.15, -0.1) is 0 Å². The fraction of sp³-hybridized carbons (Fsp3) is 0.0588. The quantitative estimate of drug-likeness (QED) is 0.774. The minimum Gasteiger partial charge on any atom is -0.457 e. The van der Waals surface area contributed by atoms with Gasteiger partial charge in [0, 0.05) is 12.6 Å². The molecule has 6 heteroatoms. The molecule has 3 rings (SSSR count). The van der Waals surface area contributed by atoms with E-state index in [1.807, 2.05) is 42.5 Å². The van der Waals surface area contributed by atoms with E-state index in [0.717, 1.165) is 11.3 Å². The Kier molecular flexibility index (Phi) is 3.72. The molecule has 0 fully saturated rings. The van der Waals surface area contributed by atoms with Gasteiger partial charge < -0.3 is 16.2 Å². The maximum atomic E-state index is 11.6. The van der Waals surface area contributed by atoms with Crippen molar-refractivity contribution >= 4 is 11.7 Å². The van der Waals surface area contributed by atoms with E-state index in [1.165, 1.54) is 4.68 Å². The summed E-state index contributed by atoms with van der Waals surface area (Å²) in [6.07, 6.45) is 0. The number of benzene rings is 2. The van der Waals surface area contributed by atoms with Crippen molar-refractivity contribution in [1.29, 1.82) is 0 Å². The van der Waals surface area contributed by atoms with Gasteiger partial charge in [-0.25, -0.2) is 0 Å². The van der Waals surface area contributed by atoms with Gasteiger partial charge in [-0.2, -0.15) is 5.10 Å². The van der Waals surface area contributed by atoms with Crippen LogP contribution in [0, 0.1) is 0 Å². The Labute approximate surface area is 133 Å². The van der Waals surface area contributed by atoms with E-state index in [-0.39, 0.29) is 11.4 Å². The minimum atomic E-state index is -0.602. The number of aromatic nitrogens is 2. The third-order valence-corrected chi connectivity index (χ3v) is 3.44. The molecule has 0 spiro atoms. The lowest BCUT2D eigenvalue weighted by Gasteiger charge is -2.06. The molecule has 116 valence electrons. The molecule has 0 radical (unpaired) electrons. The van der Waals surface area contributed by atoms with Crippen LogP contribution in [0.25, 0.3) is 11.3 Å². The number of nitrogen functional groups attached to an aromatic ring is 1. The van der Waals surface area contributed by atoms with Crippen molar-refractivity contribution in [3.63, 3.8) is 0 Å². The first-order valence-electron chi connectivity index (χ1n) is 7.02. The van der Waals surface area contributed by atoms with Crippen LogP contribution in [0.4, 0.5) is 5.82 Å². The number of amides is 1. The molecule has 23 heavy (non-hydrogen) atoms. The van der Waals surface area contributed by atoms with Crippen molar-refractivity contribution in [3.05, 3.63) is 60.2 Å². The first-order chi connectivity index (χ1) is 11.1. The molecule has 1 aromatic heterocycles. The summed E-state index contributed by atoms with van der Waals surface area (Å²) in [6, 6.07) is 16.7. The van der Waals surface area contributed by atoms with Crippen LogP contribution in [0.5, 0.6) is 11.5 Å². The molecule has 0 aliphatic rings. The zero-order chi connectivity index (χ0) is 16.4. The zero-order valence-corrected chi connectivity index (χ0v) is 12.6. The van der Waals surface area contributed by atoms with Gasteiger partial charge >= 0.3 is 0 Å². The Hall–Kier alpha value is -3.28. The van der Waals surface area contributed by atoms with Gasteiger partial charge in [0.25, 0.3) is 5.91 Å². The Morgan fingerprint density at radius 2 is 1.65 bits per heavy atom.